The van der Waals surface area contributed by atoms with Crippen molar-refractivity contribution in [3.8, 4) is 11.5 Å². The van der Waals surface area contributed by atoms with Crippen LogP contribution in [0, 0.1) is 0 Å². The third kappa shape index (κ3) is 2.81. The van der Waals surface area contributed by atoms with Crippen molar-refractivity contribution in [2.24, 2.45) is 0 Å². The fraction of sp³-hybridized carbons (Fsp3) is 0.286. The molecule has 1 N–H and O–H groups in total. The van der Waals surface area contributed by atoms with Crippen molar-refractivity contribution < 1.29 is 14.6 Å². The molecule has 0 spiro atoms. The normalized spacial score (nSPS) is 17.1. The minimum atomic E-state index is -0.122. The van der Waals surface area contributed by atoms with Crippen LogP contribution >= 0.6 is 24.0 Å². The summed E-state index contributed by atoms with van der Waals surface area (Å²) in [6.07, 6.45) is 1.65. The Balaban J connectivity index is 2.34. The molecule has 0 bridgehead atoms. The summed E-state index contributed by atoms with van der Waals surface area (Å²) in [7, 11) is 0. The highest BCUT2D eigenvalue weighted by atomic mass is 32.2. The molecule has 1 aliphatic heterocycles. The second-order valence-corrected chi connectivity index (χ2v) is 5.73. The number of likely N-dealkylation sites (N-methyl/N-ethyl adjacent to an activating group) is 1. The lowest BCUT2D eigenvalue weighted by atomic mass is 10.1. The number of carbonyl (C=O) groups excluding carboxylic acids is 1. The van der Waals surface area contributed by atoms with E-state index in [2.05, 4.69) is 0 Å². The van der Waals surface area contributed by atoms with E-state index in [9.17, 15) is 9.90 Å². The number of ether oxygens (including phenoxy) is 1. The summed E-state index contributed by atoms with van der Waals surface area (Å²) in [6, 6.07) is 5.20. The monoisotopic (exact) mass is 309 g/mol. The molecule has 0 atom stereocenters. The largest absolute Gasteiger partial charge is 0.504 e. The Morgan fingerprint density at radius 2 is 2.20 bits per heavy atom. The van der Waals surface area contributed by atoms with Gasteiger partial charge in [0, 0.05) is 12.1 Å². The molecule has 0 radical (unpaired) electrons. The Kier molecular flexibility index (Phi) is 4.67. The van der Waals surface area contributed by atoms with Crippen LogP contribution in [-0.4, -0.2) is 33.4 Å². The van der Waals surface area contributed by atoms with Gasteiger partial charge < -0.3 is 9.84 Å². The van der Waals surface area contributed by atoms with E-state index in [0.29, 0.717) is 33.7 Å². The molecule has 106 valence electrons. The molecule has 1 heterocycles. The number of hydrogen-bond acceptors (Lipinski definition) is 5. The number of benzene rings is 1. The number of carbonyl (C=O) groups is 1. The van der Waals surface area contributed by atoms with Gasteiger partial charge in [-0.1, -0.05) is 36.1 Å². The summed E-state index contributed by atoms with van der Waals surface area (Å²) in [5, 5.41) is 10.1. The van der Waals surface area contributed by atoms with Crippen molar-refractivity contribution in [2.75, 3.05) is 13.2 Å². The highest BCUT2D eigenvalue weighted by Gasteiger charge is 2.30. The van der Waals surface area contributed by atoms with Crippen molar-refractivity contribution in [1.29, 1.82) is 0 Å². The van der Waals surface area contributed by atoms with Crippen LogP contribution in [0.5, 0.6) is 11.5 Å². The molecule has 0 aliphatic carbocycles. The van der Waals surface area contributed by atoms with Gasteiger partial charge >= 0.3 is 0 Å². The Morgan fingerprint density at radius 1 is 1.45 bits per heavy atom. The first kappa shape index (κ1) is 14.9. The lowest BCUT2D eigenvalue weighted by Crippen LogP contribution is -2.27. The van der Waals surface area contributed by atoms with Gasteiger partial charge in [0.2, 0.25) is 0 Å². The van der Waals surface area contributed by atoms with Crippen LogP contribution in [0.15, 0.2) is 23.1 Å². The maximum Gasteiger partial charge on any atom is 0.266 e. The highest BCUT2D eigenvalue weighted by Crippen LogP contribution is 2.36. The molecule has 1 saturated heterocycles. The number of thiocarbonyl (C=S) groups is 1. The van der Waals surface area contributed by atoms with Gasteiger partial charge in [0.05, 0.1) is 11.5 Å². The zero-order chi connectivity index (χ0) is 14.7. The van der Waals surface area contributed by atoms with Crippen LogP contribution in [0.4, 0.5) is 0 Å². The first-order valence-electron chi connectivity index (χ1n) is 6.28. The van der Waals surface area contributed by atoms with Gasteiger partial charge in [-0.15, -0.1) is 0 Å². The average molecular weight is 309 g/mol. The molecule has 6 heteroatoms. The van der Waals surface area contributed by atoms with Crippen LogP contribution in [0.25, 0.3) is 6.08 Å². The van der Waals surface area contributed by atoms with E-state index in [1.165, 1.54) is 16.7 Å². The second-order valence-electron chi connectivity index (χ2n) is 4.05. The molecule has 0 aromatic heterocycles. The topological polar surface area (TPSA) is 49.8 Å². The zero-order valence-corrected chi connectivity index (χ0v) is 12.9. The van der Waals surface area contributed by atoms with E-state index in [-0.39, 0.29) is 11.7 Å². The third-order valence-electron chi connectivity index (χ3n) is 2.81. The van der Waals surface area contributed by atoms with Crippen LogP contribution in [0.1, 0.15) is 19.4 Å². The number of thioether (sulfide) groups is 1. The van der Waals surface area contributed by atoms with E-state index in [0.717, 1.165) is 0 Å². The summed E-state index contributed by atoms with van der Waals surface area (Å²) < 4.78 is 5.87. The number of para-hydroxylation sites is 1. The van der Waals surface area contributed by atoms with Crippen LogP contribution < -0.4 is 4.74 Å². The first-order valence-corrected chi connectivity index (χ1v) is 7.51. The Hall–Kier alpha value is -1.53. The van der Waals surface area contributed by atoms with Crippen molar-refractivity contribution in [1.82, 2.24) is 4.90 Å². The second kappa shape index (κ2) is 6.28. The summed E-state index contributed by atoms with van der Waals surface area (Å²) in [4.78, 5) is 14.2. The van der Waals surface area contributed by atoms with Gasteiger partial charge in [-0.25, -0.2) is 0 Å². The molecule has 1 aromatic carbocycles. The van der Waals surface area contributed by atoms with Crippen LogP contribution in [0.3, 0.4) is 0 Å². The molecule has 0 saturated carbocycles. The van der Waals surface area contributed by atoms with Gasteiger partial charge in [0.25, 0.3) is 5.91 Å². The maximum atomic E-state index is 12.1. The van der Waals surface area contributed by atoms with Crippen molar-refractivity contribution in [2.45, 2.75) is 13.8 Å². The summed E-state index contributed by atoms with van der Waals surface area (Å²) in [5.41, 5.74) is 0.549. The lowest BCUT2D eigenvalue weighted by molar-refractivity contribution is -0.121. The van der Waals surface area contributed by atoms with E-state index in [1.54, 1.807) is 24.3 Å². The number of nitrogens with zero attached hydrogens (tertiary/aromatic N) is 1. The Labute approximate surface area is 127 Å². The SMILES string of the molecule is CCOc1cccc(/C=C2/SC(=S)N(CC)C2=O)c1O. The number of hydrogen-bond donors (Lipinski definition) is 1. The molecular weight excluding hydrogens is 294 g/mol. The first-order chi connectivity index (χ1) is 9.58. The third-order valence-corrected chi connectivity index (χ3v) is 4.18. The number of rotatable bonds is 4. The lowest BCUT2D eigenvalue weighted by Gasteiger charge is -2.10. The van der Waals surface area contributed by atoms with E-state index in [4.69, 9.17) is 17.0 Å². The molecule has 4 nitrogen and oxygen atoms in total. The fourth-order valence-electron chi connectivity index (χ4n) is 1.84. The van der Waals surface area contributed by atoms with Crippen molar-refractivity contribution in [3.05, 3.63) is 28.7 Å². The Bertz CT molecular complexity index is 584. The van der Waals surface area contributed by atoms with Crippen molar-refractivity contribution in [3.63, 3.8) is 0 Å². The number of phenols is 1. The van der Waals surface area contributed by atoms with Crippen LogP contribution in [-0.2, 0) is 4.79 Å². The molecule has 2 rings (SSSR count). The van der Waals surface area contributed by atoms with E-state index < -0.39 is 0 Å². The molecule has 1 amide bonds. The van der Waals surface area contributed by atoms with Gasteiger partial charge in [0.1, 0.15) is 4.32 Å². The van der Waals surface area contributed by atoms with Gasteiger partial charge in [-0.05, 0) is 26.0 Å². The van der Waals surface area contributed by atoms with Crippen molar-refractivity contribution >= 4 is 40.3 Å². The predicted molar refractivity (Wildman–Crippen MR) is 84.8 cm³/mol. The molecule has 0 unspecified atom stereocenters. The number of phenolic OH excluding ortho intramolecular Hbond substituents is 1. The molecule has 20 heavy (non-hydrogen) atoms. The average Bonchev–Trinajstić information content (AvgIpc) is 2.69. The van der Waals surface area contributed by atoms with Gasteiger partial charge in [-0.2, -0.15) is 0 Å². The van der Waals surface area contributed by atoms with Gasteiger partial charge in [-0.3, -0.25) is 9.69 Å². The van der Waals surface area contributed by atoms with Crippen LogP contribution in [0.2, 0.25) is 0 Å². The zero-order valence-electron chi connectivity index (χ0n) is 11.3. The van der Waals surface area contributed by atoms with E-state index in [1.807, 2.05) is 13.8 Å². The minimum Gasteiger partial charge on any atom is -0.504 e. The fourth-order valence-corrected chi connectivity index (χ4v) is 3.22. The number of aromatic hydroxyl groups is 1. The van der Waals surface area contributed by atoms with Gasteiger partial charge in [0.15, 0.2) is 11.5 Å². The molecule has 1 aliphatic rings. The Morgan fingerprint density at radius 3 is 2.80 bits per heavy atom. The number of amides is 1. The minimum absolute atomic E-state index is 0.0381. The summed E-state index contributed by atoms with van der Waals surface area (Å²) in [5.74, 6) is 0.326. The summed E-state index contributed by atoms with van der Waals surface area (Å²) in [6.45, 7) is 4.74. The molecule has 1 fully saturated rings. The van der Waals surface area contributed by atoms with E-state index >= 15 is 0 Å². The smallest absolute Gasteiger partial charge is 0.266 e. The summed E-state index contributed by atoms with van der Waals surface area (Å²) >= 11 is 6.40. The standard InChI is InChI=1S/C14H15NO3S2/c1-3-15-13(17)11(20-14(15)19)8-9-6-5-7-10(12(9)16)18-4-2/h5-8,16H,3-4H2,1-2H3/b11-8+. The maximum absolute atomic E-state index is 12.1. The highest BCUT2D eigenvalue weighted by molar-refractivity contribution is 8.26. The predicted octanol–water partition coefficient (Wildman–Crippen LogP) is 3.01. The molecule has 1 aromatic rings. The molecular formula is C14H15NO3S2. The quantitative estimate of drug-likeness (QED) is 0.684.